The van der Waals surface area contributed by atoms with Gasteiger partial charge in [0.2, 0.25) is 10.0 Å². The van der Waals surface area contributed by atoms with Crippen LogP contribution < -0.4 is 0 Å². The van der Waals surface area contributed by atoms with Gasteiger partial charge in [-0.1, -0.05) is 6.42 Å². The molecule has 1 fully saturated rings. The summed E-state index contributed by atoms with van der Waals surface area (Å²) < 4.78 is 27.0. The average Bonchev–Trinajstić information content (AvgIpc) is 3.03. The van der Waals surface area contributed by atoms with Crippen molar-refractivity contribution in [3.63, 3.8) is 0 Å². The third-order valence-corrected chi connectivity index (χ3v) is 6.77. The Labute approximate surface area is 135 Å². The lowest BCUT2D eigenvalue weighted by atomic mass is 10.2. The highest BCUT2D eigenvalue weighted by molar-refractivity contribution is 7.89. The zero-order valence-corrected chi connectivity index (χ0v) is 14.3. The van der Waals surface area contributed by atoms with Crippen molar-refractivity contribution in [3.8, 4) is 0 Å². The van der Waals surface area contributed by atoms with E-state index < -0.39 is 10.0 Å². The molecule has 8 heteroatoms. The molecule has 1 N–H and O–H groups in total. The maximum absolute atomic E-state index is 12.8. The SMILES string of the molecule is CCN(CCO)C(=O)c1sccc1S(=O)(=O)N1CCCCC1. The summed E-state index contributed by atoms with van der Waals surface area (Å²) in [4.78, 5) is 14.3. The topological polar surface area (TPSA) is 77.9 Å². The van der Waals surface area contributed by atoms with Gasteiger partial charge >= 0.3 is 0 Å². The predicted octanol–water partition coefficient (Wildman–Crippen LogP) is 1.38. The van der Waals surface area contributed by atoms with Crippen molar-refractivity contribution in [3.05, 3.63) is 16.3 Å². The third-order valence-electron chi connectivity index (χ3n) is 3.80. The van der Waals surface area contributed by atoms with Crippen LogP contribution in [0.25, 0.3) is 0 Å². The molecule has 2 heterocycles. The Morgan fingerprint density at radius 2 is 2.05 bits per heavy atom. The van der Waals surface area contributed by atoms with Crippen molar-refractivity contribution in [2.45, 2.75) is 31.1 Å². The van der Waals surface area contributed by atoms with E-state index in [4.69, 9.17) is 5.11 Å². The minimum Gasteiger partial charge on any atom is -0.395 e. The first-order valence-electron chi connectivity index (χ1n) is 7.50. The Balaban J connectivity index is 2.30. The molecule has 0 radical (unpaired) electrons. The Hall–Kier alpha value is -0.960. The molecule has 124 valence electrons. The summed E-state index contributed by atoms with van der Waals surface area (Å²) >= 11 is 1.14. The second-order valence-corrected chi connectivity index (χ2v) is 8.01. The monoisotopic (exact) mass is 346 g/mol. The number of aliphatic hydroxyl groups is 1. The maximum atomic E-state index is 12.8. The predicted molar refractivity (Wildman–Crippen MR) is 85.6 cm³/mol. The van der Waals surface area contributed by atoms with Crippen LogP contribution in [0.2, 0.25) is 0 Å². The molecule has 0 aliphatic carbocycles. The van der Waals surface area contributed by atoms with Gasteiger partial charge in [-0.25, -0.2) is 8.42 Å². The number of carbonyl (C=O) groups excluding carboxylic acids is 1. The number of sulfonamides is 1. The molecule has 22 heavy (non-hydrogen) atoms. The number of hydrogen-bond acceptors (Lipinski definition) is 5. The van der Waals surface area contributed by atoms with Crippen LogP contribution in [-0.4, -0.2) is 61.4 Å². The van der Waals surface area contributed by atoms with E-state index in [9.17, 15) is 13.2 Å². The van der Waals surface area contributed by atoms with Gasteiger partial charge in [0.15, 0.2) is 0 Å². The van der Waals surface area contributed by atoms with Gasteiger partial charge in [-0.2, -0.15) is 4.31 Å². The molecule has 2 rings (SSSR count). The Kier molecular flexibility index (Phi) is 5.96. The first kappa shape index (κ1) is 17.4. The summed E-state index contributed by atoms with van der Waals surface area (Å²) in [5.41, 5.74) is 0. The summed E-state index contributed by atoms with van der Waals surface area (Å²) in [5, 5.41) is 10.7. The van der Waals surface area contributed by atoms with Crippen LogP contribution in [0.5, 0.6) is 0 Å². The van der Waals surface area contributed by atoms with E-state index in [2.05, 4.69) is 0 Å². The number of nitrogens with zero attached hydrogens (tertiary/aromatic N) is 2. The van der Waals surface area contributed by atoms with E-state index in [0.717, 1.165) is 30.6 Å². The molecule has 0 spiro atoms. The van der Waals surface area contributed by atoms with Crippen LogP contribution in [0.1, 0.15) is 35.9 Å². The van der Waals surface area contributed by atoms with E-state index in [-0.39, 0.29) is 28.8 Å². The summed E-state index contributed by atoms with van der Waals surface area (Å²) in [6.07, 6.45) is 2.76. The van der Waals surface area contributed by atoms with Gasteiger partial charge in [0, 0.05) is 26.2 Å². The number of piperidine rings is 1. The number of aliphatic hydroxyl groups excluding tert-OH is 1. The number of rotatable bonds is 6. The van der Waals surface area contributed by atoms with Crippen LogP contribution >= 0.6 is 11.3 Å². The number of carbonyl (C=O) groups is 1. The van der Waals surface area contributed by atoms with Crippen molar-refractivity contribution in [1.29, 1.82) is 0 Å². The summed E-state index contributed by atoms with van der Waals surface area (Å²) in [6.45, 7) is 3.33. The van der Waals surface area contributed by atoms with Gasteiger partial charge in [-0.3, -0.25) is 4.79 Å². The Morgan fingerprint density at radius 3 is 2.64 bits per heavy atom. The first-order valence-corrected chi connectivity index (χ1v) is 9.82. The Bertz CT molecular complexity index is 606. The smallest absolute Gasteiger partial charge is 0.265 e. The van der Waals surface area contributed by atoms with Crippen LogP contribution in [0.15, 0.2) is 16.3 Å². The largest absolute Gasteiger partial charge is 0.395 e. The number of hydrogen-bond donors (Lipinski definition) is 1. The van der Waals surface area contributed by atoms with E-state index in [0.29, 0.717) is 19.6 Å². The lowest BCUT2D eigenvalue weighted by Gasteiger charge is -2.26. The molecular formula is C14H22N2O4S2. The zero-order chi connectivity index (χ0) is 16.2. The molecule has 1 aromatic rings. The fourth-order valence-corrected chi connectivity index (χ4v) is 5.45. The lowest BCUT2D eigenvalue weighted by molar-refractivity contribution is 0.0733. The van der Waals surface area contributed by atoms with E-state index >= 15 is 0 Å². The van der Waals surface area contributed by atoms with E-state index in [1.807, 2.05) is 0 Å². The van der Waals surface area contributed by atoms with Crippen molar-refractivity contribution in [1.82, 2.24) is 9.21 Å². The highest BCUT2D eigenvalue weighted by Crippen LogP contribution is 2.28. The fourth-order valence-electron chi connectivity index (χ4n) is 2.57. The van der Waals surface area contributed by atoms with Crippen molar-refractivity contribution >= 4 is 27.3 Å². The molecule has 0 bridgehead atoms. The van der Waals surface area contributed by atoms with E-state index in [1.54, 1.807) is 12.3 Å². The molecule has 1 aromatic heterocycles. The van der Waals surface area contributed by atoms with Gasteiger partial charge in [0.1, 0.15) is 9.77 Å². The van der Waals surface area contributed by atoms with Crippen LogP contribution in [0, 0.1) is 0 Å². The van der Waals surface area contributed by atoms with E-state index in [1.165, 1.54) is 15.3 Å². The van der Waals surface area contributed by atoms with Crippen LogP contribution in [0.3, 0.4) is 0 Å². The highest BCUT2D eigenvalue weighted by Gasteiger charge is 2.32. The first-order chi connectivity index (χ1) is 10.5. The fraction of sp³-hybridized carbons (Fsp3) is 0.643. The van der Waals surface area contributed by atoms with Gasteiger partial charge in [-0.05, 0) is 31.2 Å². The molecule has 0 saturated carbocycles. The molecule has 0 aromatic carbocycles. The molecule has 1 aliphatic rings. The number of thiophene rings is 1. The minimum absolute atomic E-state index is 0.0980. The normalized spacial score (nSPS) is 16.6. The van der Waals surface area contributed by atoms with Gasteiger partial charge in [0.05, 0.1) is 6.61 Å². The highest BCUT2D eigenvalue weighted by atomic mass is 32.2. The summed E-state index contributed by atoms with van der Waals surface area (Å²) in [6, 6.07) is 1.51. The van der Waals surface area contributed by atoms with Crippen LogP contribution in [-0.2, 0) is 10.0 Å². The maximum Gasteiger partial charge on any atom is 0.265 e. The van der Waals surface area contributed by atoms with Crippen molar-refractivity contribution < 1.29 is 18.3 Å². The third kappa shape index (κ3) is 3.51. The molecule has 0 atom stereocenters. The summed E-state index contributed by atoms with van der Waals surface area (Å²) in [7, 11) is -3.62. The second-order valence-electron chi connectivity index (χ2n) is 5.19. The molecule has 1 saturated heterocycles. The molecule has 1 aliphatic heterocycles. The Morgan fingerprint density at radius 1 is 1.36 bits per heavy atom. The molecule has 1 amide bonds. The number of likely N-dealkylation sites (N-methyl/N-ethyl adjacent to an activating group) is 1. The number of amides is 1. The van der Waals surface area contributed by atoms with Gasteiger partial charge < -0.3 is 10.0 Å². The molecule has 6 nitrogen and oxygen atoms in total. The summed E-state index contributed by atoms with van der Waals surface area (Å²) in [5.74, 6) is -0.331. The van der Waals surface area contributed by atoms with Crippen LogP contribution in [0.4, 0.5) is 0 Å². The minimum atomic E-state index is -3.62. The average molecular weight is 346 g/mol. The molecule has 0 unspecified atom stereocenters. The molecular weight excluding hydrogens is 324 g/mol. The van der Waals surface area contributed by atoms with Gasteiger partial charge in [0.25, 0.3) is 5.91 Å². The van der Waals surface area contributed by atoms with Crippen molar-refractivity contribution in [2.75, 3.05) is 32.8 Å². The lowest BCUT2D eigenvalue weighted by Crippen LogP contribution is -2.37. The van der Waals surface area contributed by atoms with Crippen molar-refractivity contribution in [2.24, 2.45) is 0 Å². The van der Waals surface area contributed by atoms with Gasteiger partial charge in [-0.15, -0.1) is 11.3 Å². The zero-order valence-electron chi connectivity index (χ0n) is 12.7. The second kappa shape index (κ2) is 7.54. The quantitative estimate of drug-likeness (QED) is 0.844. The standard InChI is InChI=1S/C14H22N2O4S2/c1-2-15(9-10-17)14(18)13-12(6-11-21-13)22(19,20)16-7-4-3-5-8-16/h6,11,17H,2-5,7-10H2,1H3.